The highest BCUT2D eigenvalue weighted by Gasteiger charge is 2.16. The summed E-state index contributed by atoms with van der Waals surface area (Å²) >= 11 is 12.6. The Bertz CT molecular complexity index is 1680. The second-order valence-electron chi connectivity index (χ2n) is 8.38. The van der Waals surface area contributed by atoms with E-state index in [0.717, 1.165) is 33.6 Å². The highest BCUT2D eigenvalue weighted by Crippen LogP contribution is 2.32. The van der Waals surface area contributed by atoms with Crippen LogP contribution in [0.4, 0.5) is 0 Å². The van der Waals surface area contributed by atoms with Gasteiger partial charge in [0.25, 0.3) is 0 Å². The van der Waals surface area contributed by atoms with E-state index in [2.05, 4.69) is 36.4 Å². The van der Waals surface area contributed by atoms with Crippen LogP contribution in [0.2, 0.25) is 10.0 Å². The summed E-state index contributed by atoms with van der Waals surface area (Å²) in [7, 11) is 0. The molecule has 2 aromatic heterocycles. The fourth-order valence-electron chi connectivity index (χ4n) is 4.20. The first-order valence-electron chi connectivity index (χ1n) is 11.5. The molecule has 4 aromatic carbocycles. The van der Waals surface area contributed by atoms with Crippen molar-refractivity contribution in [2.45, 2.75) is 0 Å². The van der Waals surface area contributed by atoms with E-state index in [1.54, 1.807) is 10.7 Å². The van der Waals surface area contributed by atoms with Crippen LogP contribution in [0.3, 0.4) is 0 Å². The van der Waals surface area contributed by atoms with Crippen molar-refractivity contribution in [3.05, 3.63) is 131 Å². The van der Waals surface area contributed by atoms with Gasteiger partial charge in [-0.3, -0.25) is 4.40 Å². The number of benzene rings is 4. The largest absolute Gasteiger partial charge is 0.282 e. The van der Waals surface area contributed by atoms with Crippen molar-refractivity contribution in [1.29, 1.82) is 0 Å². The highest BCUT2D eigenvalue weighted by atomic mass is 35.5. The maximum Gasteiger partial charge on any atom is 0.236 e. The Hall–Kier alpha value is -4.12. The molecule has 6 aromatic rings. The predicted molar refractivity (Wildman–Crippen MR) is 149 cm³/mol. The van der Waals surface area contributed by atoms with Crippen LogP contribution in [0.1, 0.15) is 5.56 Å². The van der Waals surface area contributed by atoms with Crippen LogP contribution >= 0.6 is 23.2 Å². The molecule has 174 valence electrons. The van der Waals surface area contributed by atoms with Gasteiger partial charge >= 0.3 is 0 Å². The monoisotopic (exact) mass is 506 g/mol. The molecule has 0 bridgehead atoms. The summed E-state index contributed by atoms with van der Waals surface area (Å²) in [6.45, 7) is 0. The van der Waals surface area contributed by atoms with Crippen LogP contribution in [0, 0.1) is 0 Å². The Morgan fingerprint density at radius 2 is 1.36 bits per heavy atom. The number of fused-ring (bicyclic) bond motifs is 1. The average Bonchev–Trinajstić information content (AvgIpc) is 3.48. The van der Waals surface area contributed by atoms with Crippen LogP contribution in [0.15, 0.2) is 121 Å². The Morgan fingerprint density at radius 3 is 2.08 bits per heavy atom. The Morgan fingerprint density at radius 1 is 0.694 bits per heavy atom. The summed E-state index contributed by atoms with van der Waals surface area (Å²) in [5, 5.41) is 5.85. The molecule has 0 fully saturated rings. The van der Waals surface area contributed by atoms with E-state index >= 15 is 0 Å². The number of halogens is 2. The Labute approximate surface area is 218 Å². The summed E-state index contributed by atoms with van der Waals surface area (Å²) in [5.74, 6) is 0.685. The quantitative estimate of drug-likeness (QED) is 0.216. The lowest BCUT2D eigenvalue weighted by atomic mass is 10.0. The first kappa shape index (κ1) is 22.4. The predicted octanol–water partition coefficient (Wildman–Crippen LogP) is 8.33. The molecule has 6 heteroatoms. The lowest BCUT2D eigenvalue weighted by molar-refractivity contribution is 0.906. The molecule has 0 radical (unpaired) electrons. The van der Waals surface area contributed by atoms with E-state index in [1.807, 2.05) is 83.7 Å². The molecular weight excluding hydrogens is 487 g/mol. The second-order valence-corrected chi connectivity index (χ2v) is 9.22. The molecular formula is C30H20Cl2N4. The van der Waals surface area contributed by atoms with Crippen LogP contribution in [-0.4, -0.2) is 20.3 Å². The maximum atomic E-state index is 6.50. The number of hydrogen-bond acceptors (Lipinski definition) is 2. The normalized spacial score (nSPS) is 11.5. The summed E-state index contributed by atoms with van der Waals surface area (Å²) in [4.78, 5) is 4.88. The van der Waals surface area contributed by atoms with Gasteiger partial charge in [0.2, 0.25) is 5.78 Å². The van der Waals surface area contributed by atoms with Gasteiger partial charge in [-0.15, -0.1) is 0 Å². The zero-order chi connectivity index (χ0) is 24.5. The SMILES string of the molecule is Clc1ccc(-c2cn3c(-c4ccc(-c5ccccc5)cc4)cn(N=Cc4ccccc4)c3n2)c(Cl)c1. The van der Waals surface area contributed by atoms with Gasteiger partial charge < -0.3 is 0 Å². The van der Waals surface area contributed by atoms with Gasteiger partial charge in [0.1, 0.15) is 0 Å². The van der Waals surface area contributed by atoms with Gasteiger partial charge in [0, 0.05) is 22.3 Å². The Kier molecular flexibility index (Phi) is 5.90. The lowest BCUT2D eigenvalue weighted by Gasteiger charge is -2.04. The molecule has 0 unspecified atom stereocenters. The first-order valence-corrected chi connectivity index (χ1v) is 12.2. The number of hydrogen-bond donors (Lipinski definition) is 0. The van der Waals surface area contributed by atoms with Gasteiger partial charge in [-0.05, 0) is 34.9 Å². The lowest BCUT2D eigenvalue weighted by Crippen LogP contribution is -1.90. The zero-order valence-corrected chi connectivity index (χ0v) is 20.6. The number of nitrogens with zero attached hydrogens (tertiary/aromatic N) is 4. The molecule has 0 amide bonds. The van der Waals surface area contributed by atoms with Gasteiger partial charge in [-0.1, -0.05) is 108 Å². The van der Waals surface area contributed by atoms with Gasteiger partial charge in [0.15, 0.2) is 0 Å². The standard InChI is InChI=1S/C30H20Cl2N4/c31-25-15-16-26(27(32)17-25)28-19-35-29(24-13-11-23(12-14-24)22-9-5-2-6-10-22)20-36(30(35)34-28)33-18-21-7-3-1-4-8-21/h1-20H. The summed E-state index contributed by atoms with van der Waals surface area (Å²) in [6.07, 6.45) is 5.80. The molecule has 0 saturated carbocycles. The molecule has 0 aliphatic carbocycles. The topological polar surface area (TPSA) is 34.6 Å². The van der Waals surface area contributed by atoms with Gasteiger partial charge in [-0.2, -0.15) is 5.10 Å². The summed E-state index contributed by atoms with van der Waals surface area (Å²) in [5.41, 5.74) is 6.94. The molecule has 6 rings (SSSR count). The molecule has 0 aliphatic heterocycles. The van der Waals surface area contributed by atoms with Crippen molar-refractivity contribution < 1.29 is 0 Å². The summed E-state index contributed by atoms with van der Waals surface area (Å²) in [6, 6.07) is 34.3. The third-order valence-corrected chi connectivity index (χ3v) is 6.57. The third-order valence-electron chi connectivity index (χ3n) is 6.02. The van der Waals surface area contributed by atoms with E-state index < -0.39 is 0 Å². The van der Waals surface area contributed by atoms with Gasteiger partial charge in [0.05, 0.1) is 28.8 Å². The van der Waals surface area contributed by atoms with Crippen molar-refractivity contribution in [3.63, 3.8) is 0 Å². The molecule has 0 spiro atoms. The van der Waals surface area contributed by atoms with Crippen molar-refractivity contribution in [2.75, 3.05) is 0 Å². The van der Waals surface area contributed by atoms with E-state index in [9.17, 15) is 0 Å². The van der Waals surface area contributed by atoms with Crippen LogP contribution in [0.25, 0.3) is 39.4 Å². The number of rotatable bonds is 5. The van der Waals surface area contributed by atoms with Crippen LogP contribution in [0.5, 0.6) is 0 Å². The van der Waals surface area contributed by atoms with Crippen molar-refractivity contribution in [1.82, 2.24) is 14.1 Å². The third kappa shape index (κ3) is 4.33. The molecule has 0 aliphatic rings. The number of imidazole rings is 2. The molecule has 0 atom stereocenters. The minimum absolute atomic E-state index is 0.552. The van der Waals surface area contributed by atoms with Crippen molar-refractivity contribution in [2.24, 2.45) is 5.10 Å². The smallest absolute Gasteiger partial charge is 0.236 e. The fourth-order valence-corrected chi connectivity index (χ4v) is 4.71. The fraction of sp³-hybridized carbons (Fsp3) is 0. The molecule has 4 nitrogen and oxygen atoms in total. The van der Waals surface area contributed by atoms with E-state index in [4.69, 9.17) is 33.3 Å². The summed E-state index contributed by atoms with van der Waals surface area (Å²) < 4.78 is 3.83. The zero-order valence-electron chi connectivity index (χ0n) is 19.1. The van der Waals surface area contributed by atoms with Crippen LogP contribution in [-0.2, 0) is 0 Å². The molecule has 36 heavy (non-hydrogen) atoms. The maximum absolute atomic E-state index is 6.50. The molecule has 0 N–H and O–H groups in total. The minimum Gasteiger partial charge on any atom is -0.282 e. The highest BCUT2D eigenvalue weighted by molar-refractivity contribution is 6.36. The molecule has 2 heterocycles. The van der Waals surface area contributed by atoms with Crippen LogP contribution < -0.4 is 0 Å². The van der Waals surface area contributed by atoms with E-state index in [0.29, 0.717) is 15.8 Å². The van der Waals surface area contributed by atoms with Crippen molar-refractivity contribution in [3.8, 4) is 33.6 Å². The van der Waals surface area contributed by atoms with E-state index in [-0.39, 0.29) is 0 Å². The average molecular weight is 507 g/mol. The number of aromatic nitrogens is 3. The second kappa shape index (κ2) is 9.50. The molecule has 0 saturated heterocycles. The first-order chi connectivity index (χ1) is 17.7. The minimum atomic E-state index is 0.552. The van der Waals surface area contributed by atoms with Crippen molar-refractivity contribution >= 4 is 35.2 Å². The Balaban J connectivity index is 1.47. The van der Waals surface area contributed by atoms with E-state index in [1.165, 1.54) is 5.56 Å². The van der Waals surface area contributed by atoms with Gasteiger partial charge in [-0.25, -0.2) is 9.66 Å².